The zero-order valence-electron chi connectivity index (χ0n) is 6.49. The van der Waals surface area contributed by atoms with Gasteiger partial charge in [0.2, 0.25) is 5.91 Å². The fourth-order valence-corrected chi connectivity index (χ4v) is 1.37. The number of nitrogens with zero attached hydrogens (tertiary/aromatic N) is 1. The molecule has 3 nitrogen and oxygen atoms in total. The molecule has 1 amide bonds. The molecule has 1 heterocycles. The van der Waals surface area contributed by atoms with Gasteiger partial charge < -0.3 is 10.0 Å². The highest BCUT2D eigenvalue weighted by atomic mass is 16.3. The quantitative estimate of drug-likeness (QED) is 0.639. The van der Waals surface area contributed by atoms with Gasteiger partial charge in [0.25, 0.3) is 0 Å². The standard InChI is InChI=1S/C8H13NO2/c1-2-9-5-3-7(4-6-10)8(9)11/h2,7,10H,1,3-6H2/t7-/m0/s1. The minimum Gasteiger partial charge on any atom is -0.396 e. The Kier molecular flexibility index (Phi) is 2.65. The number of hydrogen-bond acceptors (Lipinski definition) is 2. The number of aliphatic hydroxyl groups is 1. The molecular formula is C8H13NO2. The maximum absolute atomic E-state index is 11.3. The van der Waals surface area contributed by atoms with Gasteiger partial charge in [-0.25, -0.2) is 0 Å². The first-order valence-corrected chi connectivity index (χ1v) is 3.83. The summed E-state index contributed by atoms with van der Waals surface area (Å²) in [6.45, 7) is 4.39. The Bertz CT molecular complexity index is 167. The molecule has 1 N–H and O–H groups in total. The number of carbonyl (C=O) groups is 1. The molecule has 1 aliphatic heterocycles. The summed E-state index contributed by atoms with van der Waals surface area (Å²) in [5.41, 5.74) is 0. The summed E-state index contributed by atoms with van der Waals surface area (Å²) >= 11 is 0. The van der Waals surface area contributed by atoms with Gasteiger partial charge in [-0.1, -0.05) is 6.58 Å². The molecule has 0 aromatic heterocycles. The van der Waals surface area contributed by atoms with Crippen LogP contribution >= 0.6 is 0 Å². The van der Waals surface area contributed by atoms with E-state index in [1.54, 1.807) is 11.1 Å². The predicted molar refractivity (Wildman–Crippen MR) is 41.7 cm³/mol. The fraction of sp³-hybridized carbons (Fsp3) is 0.625. The van der Waals surface area contributed by atoms with Gasteiger partial charge in [0, 0.05) is 19.1 Å². The van der Waals surface area contributed by atoms with Crippen LogP contribution in [0.1, 0.15) is 12.8 Å². The largest absolute Gasteiger partial charge is 0.396 e. The smallest absolute Gasteiger partial charge is 0.229 e. The maximum Gasteiger partial charge on any atom is 0.229 e. The van der Waals surface area contributed by atoms with Crippen LogP contribution in [0.4, 0.5) is 0 Å². The van der Waals surface area contributed by atoms with Crippen LogP contribution in [0.3, 0.4) is 0 Å². The summed E-state index contributed by atoms with van der Waals surface area (Å²) < 4.78 is 0. The summed E-state index contributed by atoms with van der Waals surface area (Å²) in [7, 11) is 0. The minimum absolute atomic E-state index is 0.0259. The van der Waals surface area contributed by atoms with Crippen molar-refractivity contribution < 1.29 is 9.90 Å². The van der Waals surface area contributed by atoms with E-state index in [0.29, 0.717) is 6.42 Å². The van der Waals surface area contributed by atoms with Crippen LogP contribution in [-0.2, 0) is 4.79 Å². The lowest BCUT2D eigenvalue weighted by molar-refractivity contribution is -0.129. The van der Waals surface area contributed by atoms with E-state index < -0.39 is 0 Å². The highest BCUT2D eigenvalue weighted by Gasteiger charge is 2.28. The van der Waals surface area contributed by atoms with Crippen molar-refractivity contribution in [2.45, 2.75) is 12.8 Å². The minimum atomic E-state index is 0.0259. The van der Waals surface area contributed by atoms with Gasteiger partial charge in [-0.3, -0.25) is 4.79 Å². The molecule has 1 fully saturated rings. The Hall–Kier alpha value is -0.830. The van der Waals surface area contributed by atoms with Crippen molar-refractivity contribution in [3.05, 3.63) is 12.8 Å². The summed E-state index contributed by atoms with van der Waals surface area (Å²) in [5.74, 6) is 0.132. The van der Waals surface area contributed by atoms with Crippen molar-refractivity contribution >= 4 is 5.91 Å². The third-order valence-corrected chi connectivity index (χ3v) is 2.05. The lowest BCUT2D eigenvalue weighted by Crippen LogP contribution is -2.21. The van der Waals surface area contributed by atoms with E-state index in [-0.39, 0.29) is 18.4 Å². The van der Waals surface area contributed by atoms with Crippen LogP contribution in [0.5, 0.6) is 0 Å². The normalized spacial score (nSPS) is 24.3. The third-order valence-electron chi connectivity index (χ3n) is 2.05. The molecule has 0 saturated carbocycles. The molecule has 3 heteroatoms. The summed E-state index contributed by atoms with van der Waals surface area (Å²) in [6.07, 6.45) is 2.99. The molecule has 1 atom stereocenters. The molecule has 11 heavy (non-hydrogen) atoms. The molecule has 0 bridgehead atoms. The van der Waals surface area contributed by atoms with E-state index in [1.807, 2.05) is 0 Å². The maximum atomic E-state index is 11.3. The number of aliphatic hydroxyl groups excluding tert-OH is 1. The Balaban J connectivity index is 2.48. The molecule has 0 spiro atoms. The first-order valence-electron chi connectivity index (χ1n) is 3.83. The molecule has 0 aliphatic carbocycles. The van der Waals surface area contributed by atoms with Gasteiger partial charge in [0.1, 0.15) is 0 Å². The lowest BCUT2D eigenvalue weighted by Gasteiger charge is -2.09. The van der Waals surface area contributed by atoms with Crippen molar-refractivity contribution in [1.29, 1.82) is 0 Å². The van der Waals surface area contributed by atoms with Gasteiger partial charge in [0.05, 0.1) is 0 Å². The average molecular weight is 155 g/mol. The van der Waals surface area contributed by atoms with E-state index in [2.05, 4.69) is 6.58 Å². The predicted octanol–water partition coefficient (Wildman–Crippen LogP) is 0.361. The monoisotopic (exact) mass is 155 g/mol. The molecular weight excluding hydrogens is 142 g/mol. The number of likely N-dealkylation sites (tertiary alicyclic amines) is 1. The second-order valence-corrected chi connectivity index (χ2v) is 2.71. The van der Waals surface area contributed by atoms with E-state index in [1.165, 1.54) is 0 Å². The average Bonchev–Trinajstić information content (AvgIpc) is 2.34. The zero-order chi connectivity index (χ0) is 8.27. The molecule has 1 aliphatic rings. The summed E-state index contributed by atoms with van der Waals surface area (Å²) in [5, 5.41) is 8.61. The van der Waals surface area contributed by atoms with Gasteiger partial charge in [-0.05, 0) is 19.0 Å². The van der Waals surface area contributed by atoms with Crippen molar-refractivity contribution in [2.75, 3.05) is 13.2 Å². The first-order chi connectivity index (χ1) is 5.29. The molecule has 1 rings (SSSR count). The lowest BCUT2D eigenvalue weighted by atomic mass is 10.1. The second kappa shape index (κ2) is 3.53. The van der Waals surface area contributed by atoms with Gasteiger partial charge in [-0.15, -0.1) is 0 Å². The first kappa shape index (κ1) is 8.27. The molecule has 62 valence electrons. The van der Waals surface area contributed by atoms with Gasteiger partial charge in [0.15, 0.2) is 0 Å². The van der Waals surface area contributed by atoms with Crippen molar-refractivity contribution in [3.63, 3.8) is 0 Å². The number of amides is 1. The molecule has 0 aromatic rings. The Morgan fingerprint density at radius 3 is 3.00 bits per heavy atom. The Labute approximate surface area is 66.3 Å². The van der Waals surface area contributed by atoms with Crippen molar-refractivity contribution in [1.82, 2.24) is 4.90 Å². The van der Waals surface area contributed by atoms with Crippen LogP contribution in [0.15, 0.2) is 12.8 Å². The van der Waals surface area contributed by atoms with E-state index in [0.717, 1.165) is 13.0 Å². The van der Waals surface area contributed by atoms with Crippen LogP contribution < -0.4 is 0 Å². The number of rotatable bonds is 3. The van der Waals surface area contributed by atoms with Crippen molar-refractivity contribution in [3.8, 4) is 0 Å². The molecule has 0 aromatic carbocycles. The van der Waals surface area contributed by atoms with E-state index in [9.17, 15) is 4.79 Å². The Morgan fingerprint density at radius 2 is 2.55 bits per heavy atom. The number of hydrogen-bond donors (Lipinski definition) is 1. The molecule has 1 saturated heterocycles. The van der Waals surface area contributed by atoms with Crippen LogP contribution in [-0.4, -0.2) is 29.1 Å². The van der Waals surface area contributed by atoms with E-state index in [4.69, 9.17) is 5.11 Å². The Morgan fingerprint density at radius 1 is 1.82 bits per heavy atom. The van der Waals surface area contributed by atoms with Gasteiger partial charge in [-0.2, -0.15) is 0 Å². The highest BCUT2D eigenvalue weighted by Crippen LogP contribution is 2.20. The summed E-state index contributed by atoms with van der Waals surface area (Å²) in [4.78, 5) is 12.9. The number of carbonyl (C=O) groups excluding carboxylic acids is 1. The third kappa shape index (κ3) is 1.60. The SMILES string of the molecule is C=CN1CC[C@@H](CCO)C1=O. The highest BCUT2D eigenvalue weighted by molar-refractivity contribution is 5.81. The van der Waals surface area contributed by atoms with Crippen LogP contribution in [0.25, 0.3) is 0 Å². The second-order valence-electron chi connectivity index (χ2n) is 2.71. The topological polar surface area (TPSA) is 40.5 Å². The summed E-state index contributed by atoms with van der Waals surface area (Å²) in [6, 6.07) is 0. The van der Waals surface area contributed by atoms with Gasteiger partial charge >= 0.3 is 0 Å². The fourth-order valence-electron chi connectivity index (χ4n) is 1.37. The molecule has 0 unspecified atom stereocenters. The van der Waals surface area contributed by atoms with Crippen LogP contribution in [0, 0.1) is 5.92 Å². The molecule has 0 radical (unpaired) electrons. The van der Waals surface area contributed by atoms with E-state index >= 15 is 0 Å². The zero-order valence-corrected chi connectivity index (χ0v) is 6.49. The van der Waals surface area contributed by atoms with Crippen molar-refractivity contribution in [2.24, 2.45) is 5.92 Å². The van der Waals surface area contributed by atoms with Crippen LogP contribution in [0.2, 0.25) is 0 Å².